The third kappa shape index (κ3) is 5.04. The quantitative estimate of drug-likeness (QED) is 0.652. The molecule has 32 heavy (non-hydrogen) atoms. The molecule has 9 heteroatoms. The molecule has 1 fully saturated rings. The lowest BCUT2D eigenvalue weighted by molar-refractivity contribution is -0.137. The SMILES string of the molecule is Cc1nccnc1-c1ccc(CC(=O)N[C@@H]2CCN(c3cncc(C(F)(F)F)c3)C2)cc1. The monoisotopic (exact) mass is 441 g/mol. The first-order chi connectivity index (χ1) is 15.3. The number of nitrogens with zero attached hydrogens (tertiary/aromatic N) is 4. The minimum absolute atomic E-state index is 0.123. The summed E-state index contributed by atoms with van der Waals surface area (Å²) in [5.41, 5.74) is 3.07. The summed E-state index contributed by atoms with van der Waals surface area (Å²) in [7, 11) is 0. The van der Waals surface area contributed by atoms with Gasteiger partial charge in [0.15, 0.2) is 0 Å². The number of amides is 1. The maximum absolute atomic E-state index is 12.9. The van der Waals surface area contributed by atoms with E-state index < -0.39 is 11.7 Å². The molecule has 0 saturated carbocycles. The Morgan fingerprint density at radius 3 is 2.62 bits per heavy atom. The average molecular weight is 441 g/mol. The molecule has 1 aromatic carbocycles. The molecule has 1 aliphatic rings. The molecule has 1 aliphatic heterocycles. The van der Waals surface area contributed by atoms with Crippen LogP contribution in [0.3, 0.4) is 0 Å². The van der Waals surface area contributed by atoms with Crippen LogP contribution in [0, 0.1) is 6.92 Å². The maximum Gasteiger partial charge on any atom is 0.417 e. The van der Waals surface area contributed by atoms with Crippen LogP contribution < -0.4 is 10.2 Å². The first kappa shape index (κ1) is 21.7. The van der Waals surface area contributed by atoms with E-state index in [0.717, 1.165) is 34.8 Å². The molecule has 166 valence electrons. The molecule has 1 N–H and O–H groups in total. The molecule has 4 rings (SSSR count). The number of pyridine rings is 1. The van der Waals surface area contributed by atoms with Gasteiger partial charge >= 0.3 is 6.18 Å². The van der Waals surface area contributed by atoms with E-state index in [1.807, 2.05) is 36.1 Å². The molecule has 3 heterocycles. The molecule has 0 bridgehead atoms. The Labute approximate surface area is 183 Å². The van der Waals surface area contributed by atoms with Gasteiger partial charge in [-0.25, -0.2) is 0 Å². The number of anilines is 1. The van der Waals surface area contributed by atoms with Gasteiger partial charge < -0.3 is 10.2 Å². The zero-order chi connectivity index (χ0) is 22.7. The number of hydrogen-bond donors (Lipinski definition) is 1. The standard InChI is InChI=1S/C23H22F3N5O/c1-15-22(29-8-7-28-15)17-4-2-16(3-5-17)10-21(32)30-19-6-9-31(14-19)20-11-18(12-27-13-20)23(24,25)26/h2-5,7-8,11-13,19H,6,9-10,14H2,1H3,(H,30,32)/t19-/m1/s1. The summed E-state index contributed by atoms with van der Waals surface area (Å²) in [6, 6.07) is 8.57. The van der Waals surface area contributed by atoms with Gasteiger partial charge in [-0.05, 0) is 25.0 Å². The van der Waals surface area contributed by atoms with Crippen LogP contribution in [0.4, 0.5) is 18.9 Å². The third-order valence-corrected chi connectivity index (χ3v) is 5.44. The Morgan fingerprint density at radius 1 is 1.16 bits per heavy atom. The zero-order valence-corrected chi connectivity index (χ0v) is 17.4. The van der Waals surface area contributed by atoms with Crippen molar-refractivity contribution in [2.45, 2.75) is 32.0 Å². The minimum atomic E-state index is -4.43. The predicted octanol–water partition coefficient (Wildman–Crippen LogP) is 3.80. The summed E-state index contributed by atoms with van der Waals surface area (Å²) in [4.78, 5) is 26.6. The Hall–Kier alpha value is -3.49. The molecule has 1 saturated heterocycles. The van der Waals surface area contributed by atoms with Crippen molar-refractivity contribution < 1.29 is 18.0 Å². The van der Waals surface area contributed by atoms with Crippen molar-refractivity contribution in [3.8, 4) is 11.3 Å². The molecule has 2 aromatic heterocycles. The van der Waals surface area contributed by atoms with Gasteiger partial charge in [0.25, 0.3) is 0 Å². The lowest BCUT2D eigenvalue weighted by Crippen LogP contribution is -2.38. The third-order valence-electron chi connectivity index (χ3n) is 5.44. The van der Waals surface area contributed by atoms with Gasteiger partial charge in [0.2, 0.25) is 5.91 Å². The van der Waals surface area contributed by atoms with Crippen molar-refractivity contribution in [1.29, 1.82) is 0 Å². The highest BCUT2D eigenvalue weighted by molar-refractivity contribution is 5.79. The lowest BCUT2D eigenvalue weighted by atomic mass is 10.1. The summed E-state index contributed by atoms with van der Waals surface area (Å²) < 4.78 is 38.8. The van der Waals surface area contributed by atoms with Crippen molar-refractivity contribution in [2.75, 3.05) is 18.0 Å². The molecule has 0 aliphatic carbocycles. The number of hydrogen-bond acceptors (Lipinski definition) is 5. The van der Waals surface area contributed by atoms with E-state index in [2.05, 4.69) is 20.3 Å². The fraction of sp³-hybridized carbons (Fsp3) is 0.304. The van der Waals surface area contributed by atoms with E-state index in [1.165, 1.54) is 6.20 Å². The van der Waals surface area contributed by atoms with E-state index in [9.17, 15) is 18.0 Å². The molecular weight excluding hydrogens is 419 g/mol. The highest BCUT2D eigenvalue weighted by Gasteiger charge is 2.32. The van der Waals surface area contributed by atoms with E-state index >= 15 is 0 Å². The molecule has 0 spiro atoms. The van der Waals surface area contributed by atoms with Crippen molar-refractivity contribution in [1.82, 2.24) is 20.3 Å². The number of rotatable bonds is 5. The molecule has 0 radical (unpaired) electrons. The predicted molar refractivity (Wildman–Crippen MR) is 114 cm³/mol. The second kappa shape index (κ2) is 8.94. The Balaban J connectivity index is 1.33. The van der Waals surface area contributed by atoms with Crippen LogP contribution in [-0.2, 0) is 17.4 Å². The van der Waals surface area contributed by atoms with Crippen molar-refractivity contribution in [3.05, 3.63) is 71.9 Å². The molecule has 3 aromatic rings. The zero-order valence-electron chi connectivity index (χ0n) is 17.4. The average Bonchev–Trinajstić information content (AvgIpc) is 3.23. The van der Waals surface area contributed by atoms with Crippen LogP contribution in [-0.4, -0.2) is 40.0 Å². The number of benzene rings is 1. The Kier molecular flexibility index (Phi) is 6.07. The summed E-state index contributed by atoms with van der Waals surface area (Å²) in [5.74, 6) is -0.123. The number of nitrogens with one attached hydrogen (secondary N) is 1. The van der Waals surface area contributed by atoms with Gasteiger partial charge in [0.1, 0.15) is 0 Å². The van der Waals surface area contributed by atoms with Gasteiger partial charge in [-0.15, -0.1) is 0 Å². The van der Waals surface area contributed by atoms with Gasteiger partial charge in [-0.2, -0.15) is 13.2 Å². The molecular formula is C23H22F3N5O. The van der Waals surface area contributed by atoms with Crippen LogP contribution in [0.1, 0.15) is 23.2 Å². The number of aryl methyl sites for hydroxylation is 1. The number of alkyl halides is 3. The summed E-state index contributed by atoms with van der Waals surface area (Å²) >= 11 is 0. The second-order valence-electron chi connectivity index (χ2n) is 7.79. The fourth-order valence-corrected chi connectivity index (χ4v) is 3.80. The number of carbonyl (C=O) groups is 1. The fourth-order valence-electron chi connectivity index (χ4n) is 3.80. The molecule has 1 amide bonds. The van der Waals surface area contributed by atoms with Crippen molar-refractivity contribution >= 4 is 11.6 Å². The number of halogens is 3. The summed E-state index contributed by atoms with van der Waals surface area (Å²) in [6.07, 6.45) is 1.97. The van der Waals surface area contributed by atoms with Crippen LogP contribution in [0.5, 0.6) is 0 Å². The van der Waals surface area contributed by atoms with Gasteiger partial charge in [-0.3, -0.25) is 19.7 Å². The first-order valence-electron chi connectivity index (χ1n) is 10.2. The lowest BCUT2D eigenvalue weighted by Gasteiger charge is -2.20. The maximum atomic E-state index is 12.9. The molecule has 0 unspecified atom stereocenters. The van der Waals surface area contributed by atoms with Gasteiger partial charge in [0, 0.05) is 43.3 Å². The highest BCUT2D eigenvalue weighted by Crippen LogP contribution is 2.31. The number of aromatic nitrogens is 3. The molecule has 1 atom stereocenters. The van der Waals surface area contributed by atoms with Crippen molar-refractivity contribution in [2.24, 2.45) is 0 Å². The highest BCUT2D eigenvalue weighted by atomic mass is 19.4. The molecule has 6 nitrogen and oxygen atoms in total. The summed E-state index contributed by atoms with van der Waals surface area (Å²) in [6.45, 7) is 2.89. The smallest absolute Gasteiger partial charge is 0.368 e. The van der Waals surface area contributed by atoms with Gasteiger partial charge in [0.05, 0.1) is 35.3 Å². The Bertz CT molecular complexity index is 1100. The number of carbonyl (C=O) groups excluding carboxylic acids is 1. The van der Waals surface area contributed by atoms with E-state index in [4.69, 9.17) is 0 Å². The van der Waals surface area contributed by atoms with Gasteiger partial charge in [-0.1, -0.05) is 24.3 Å². The van der Waals surface area contributed by atoms with Crippen LogP contribution >= 0.6 is 0 Å². The second-order valence-corrected chi connectivity index (χ2v) is 7.79. The normalized spacial score (nSPS) is 16.2. The van der Waals surface area contributed by atoms with E-state index in [0.29, 0.717) is 25.2 Å². The van der Waals surface area contributed by atoms with Crippen LogP contribution in [0.25, 0.3) is 11.3 Å². The topological polar surface area (TPSA) is 71.0 Å². The minimum Gasteiger partial charge on any atom is -0.368 e. The van der Waals surface area contributed by atoms with E-state index in [1.54, 1.807) is 12.4 Å². The van der Waals surface area contributed by atoms with Crippen molar-refractivity contribution in [3.63, 3.8) is 0 Å². The largest absolute Gasteiger partial charge is 0.417 e. The Morgan fingerprint density at radius 2 is 1.91 bits per heavy atom. The van der Waals surface area contributed by atoms with Crippen LogP contribution in [0.2, 0.25) is 0 Å². The van der Waals surface area contributed by atoms with E-state index in [-0.39, 0.29) is 18.4 Å². The first-order valence-corrected chi connectivity index (χ1v) is 10.2. The van der Waals surface area contributed by atoms with Crippen LogP contribution in [0.15, 0.2) is 55.1 Å². The summed E-state index contributed by atoms with van der Waals surface area (Å²) in [5, 5.41) is 2.98.